The lowest BCUT2D eigenvalue weighted by atomic mass is 10.1. The van der Waals surface area contributed by atoms with Crippen LogP contribution in [0.25, 0.3) is 33.4 Å². The van der Waals surface area contributed by atoms with Crippen molar-refractivity contribution in [3.05, 3.63) is 127 Å². The first-order valence-corrected chi connectivity index (χ1v) is 21.5. The molecular weight excluding hydrogens is 963 g/mol. The molecule has 0 bridgehead atoms. The zero-order valence-corrected chi connectivity index (χ0v) is 37.3. The van der Waals surface area contributed by atoms with E-state index >= 15 is 8.78 Å². The van der Waals surface area contributed by atoms with Crippen LogP contribution in [0.3, 0.4) is 0 Å². The van der Waals surface area contributed by atoms with Gasteiger partial charge in [-0.3, -0.25) is 18.7 Å². The van der Waals surface area contributed by atoms with Gasteiger partial charge in [0.05, 0.1) is 35.2 Å². The van der Waals surface area contributed by atoms with Gasteiger partial charge >= 0.3 is 11.9 Å². The van der Waals surface area contributed by atoms with E-state index in [1.807, 2.05) is 0 Å². The van der Waals surface area contributed by atoms with E-state index in [1.54, 1.807) is 9.80 Å². The number of halogens is 6. The second-order valence-electron chi connectivity index (χ2n) is 16.0. The van der Waals surface area contributed by atoms with Crippen LogP contribution in [0.4, 0.5) is 38.0 Å². The fraction of sp³-hybridized carbons (Fsp3) is 0.227. The van der Waals surface area contributed by atoms with Gasteiger partial charge in [-0.25, -0.2) is 55.9 Å². The summed E-state index contributed by atoms with van der Waals surface area (Å²) >= 11 is 0. The van der Waals surface area contributed by atoms with Crippen molar-refractivity contribution in [3.63, 3.8) is 0 Å². The molecule has 4 aromatic heterocycles. The highest BCUT2D eigenvalue weighted by molar-refractivity contribution is 5.95. The Morgan fingerprint density at radius 1 is 0.542 bits per heavy atom. The van der Waals surface area contributed by atoms with Gasteiger partial charge in [0.25, 0.3) is 0 Å². The van der Waals surface area contributed by atoms with Crippen LogP contribution >= 0.6 is 0 Å². The van der Waals surface area contributed by atoms with Gasteiger partial charge in [0, 0.05) is 76.9 Å². The lowest BCUT2D eigenvalue weighted by molar-refractivity contribution is 0.0684. The third-order valence-corrected chi connectivity index (χ3v) is 11.5. The van der Waals surface area contributed by atoms with Crippen molar-refractivity contribution in [3.8, 4) is 11.4 Å². The molecule has 72 heavy (non-hydrogen) atoms. The second-order valence-corrected chi connectivity index (χ2v) is 16.0. The number of guanidine groups is 4. The molecule has 0 amide bonds. The predicted octanol–water partition coefficient (Wildman–Crippen LogP) is 1.52. The van der Waals surface area contributed by atoms with E-state index in [0.717, 1.165) is 57.9 Å². The normalized spacial score (nSPS) is 15.2. The van der Waals surface area contributed by atoms with Gasteiger partial charge in [0.1, 0.15) is 34.4 Å². The summed E-state index contributed by atoms with van der Waals surface area (Å²) in [6.07, 6.45) is 1.68. The van der Waals surface area contributed by atoms with Gasteiger partial charge in [0.15, 0.2) is 46.5 Å². The highest BCUT2D eigenvalue weighted by Crippen LogP contribution is 2.28. The molecule has 0 aliphatic carbocycles. The van der Waals surface area contributed by atoms with Crippen LogP contribution in [0.1, 0.15) is 20.7 Å². The molecule has 8 rings (SSSR count). The van der Waals surface area contributed by atoms with Crippen molar-refractivity contribution in [1.29, 1.82) is 0 Å². The average molecular weight is 1000 g/mol. The van der Waals surface area contributed by atoms with E-state index in [9.17, 15) is 47.0 Å². The van der Waals surface area contributed by atoms with Crippen molar-refractivity contribution in [2.24, 2.45) is 42.9 Å². The van der Waals surface area contributed by atoms with Crippen LogP contribution in [0.2, 0.25) is 0 Å². The minimum atomic E-state index is -1.64. The summed E-state index contributed by atoms with van der Waals surface area (Å²) in [5, 5.41) is 18.4. The van der Waals surface area contributed by atoms with Gasteiger partial charge in [-0.15, -0.1) is 0 Å². The molecule has 0 saturated carbocycles. The molecule has 6 aromatic rings. The molecule has 6 heterocycles. The monoisotopic (exact) mass is 1000 g/mol. The second kappa shape index (κ2) is 20.0. The largest absolute Gasteiger partial charge is 0.477 e. The first-order chi connectivity index (χ1) is 34.3. The third-order valence-electron chi connectivity index (χ3n) is 11.5. The van der Waals surface area contributed by atoms with Crippen LogP contribution in [0, 0.1) is 34.9 Å². The number of carboxylic acid groups (broad SMARTS) is 2. The quantitative estimate of drug-likeness (QED) is 0.0518. The Morgan fingerprint density at radius 2 is 0.903 bits per heavy atom. The van der Waals surface area contributed by atoms with E-state index in [-0.39, 0.29) is 124 Å². The summed E-state index contributed by atoms with van der Waals surface area (Å²) in [4.78, 5) is 81.2. The molecule has 0 radical (unpaired) electrons. The predicted molar refractivity (Wildman–Crippen MR) is 252 cm³/mol. The highest BCUT2D eigenvalue weighted by atomic mass is 19.2. The van der Waals surface area contributed by atoms with E-state index < -0.39 is 79.6 Å². The highest BCUT2D eigenvalue weighted by Gasteiger charge is 2.28. The summed E-state index contributed by atoms with van der Waals surface area (Å²) < 4.78 is 90.3. The van der Waals surface area contributed by atoms with Gasteiger partial charge in [-0.05, 0) is 36.4 Å². The topological polar surface area (TPSA) is 311 Å². The van der Waals surface area contributed by atoms with Crippen LogP contribution < -0.4 is 43.6 Å². The number of anilines is 2. The standard InChI is InChI=1S/C44H40F6N16O6/c45-21-1-3-31(27(47)15-21)65-19-25(39(69)70)33(67)23-17-29(49)37(57-35(23)65)61-7-11-63(12-8-61)43(53)59-41(51)55-5-6-56-42(52)60-44(54)64-13-9-62(10-14-64)38-30(50)18-24-34(68)26(40(71)72)20-66(36(24)58-38)32-4-2-22(46)16-28(32)48/h1-4,15-20H,5-14H2,(H,69,70)(H,71,72)(H4,51,53,55,59)(H4,52,54,56,60). The third kappa shape index (κ3) is 9.94. The van der Waals surface area contributed by atoms with Crippen molar-refractivity contribution >= 4 is 69.5 Å². The summed E-state index contributed by atoms with van der Waals surface area (Å²) in [6.45, 7) is 1.27. The zero-order chi connectivity index (χ0) is 51.7. The Hall–Kier alpha value is -9.24. The van der Waals surface area contributed by atoms with Gasteiger partial charge < -0.3 is 52.7 Å². The maximum absolute atomic E-state index is 15.6. The van der Waals surface area contributed by atoms with Crippen molar-refractivity contribution in [2.45, 2.75) is 0 Å². The lowest BCUT2D eigenvalue weighted by Gasteiger charge is -2.36. The molecule has 28 heteroatoms. The number of nitrogens with two attached hydrogens (primary N) is 4. The number of aromatic carboxylic acids is 2. The lowest BCUT2D eigenvalue weighted by Crippen LogP contribution is -2.52. The van der Waals surface area contributed by atoms with E-state index in [1.165, 1.54) is 9.80 Å². The Labute approximate surface area is 400 Å². The van der Waals surface area contributed by atoms with E-state index in [0.29, 0.717) is 12.1 Å². The maximum Gasteiger partial charge on any atom is 0.341 e. The number of carbonyl (C=O) groups is 2. The summed E-state index contributed by atoms with van der Waals surface area (Å²) in [5.74, 6) is -10.0. The fourth-order valence-electron chi connectivity index (χ4n) is 7.97. The molecule has 374 valence electrons. The molecule has 0 atom stereocenters. The van der Waals surface area contributed by atoms with Crippen LogP contribution in [-0.4, -0.2) is 140 Å². The van der Waals surface area contributed by atoms with Crippen molar-refractivity contribution in [1.82, 2.24) is 28.9 Å². The minimum absolute atomic E-state index is 0.00251. The molecule has 22 nitrogen and oxygen atoms in total. The minimum Gasteiger partial charge on any atom is -0.477 e. The number of pyridine rings is 4. The summed E-state index contributed by atoms with van der Waals surface area (Å²) in [5.41, 5.74) is 19.5. The van der Waals surface area contributed by atoms with Crippen LogP contribution in [0.5, 0.6) is 0 Å². The van der Waals surface area contributed by atoms with Crippen molar-refractivity contribution in [2.75, 3.05) is 75.2 Å². The number of rotatable bonds is 9. The number of fused-ring (bicyclic) bond motifs is 2. The molecular formula is C44H40F6N16O6. The SMILES string of the molecule is NC(=NCCN=C(N)/N=C(\N)N1CCN(c2nc3c(cc2F)c(=O)c(C(=O)O)cn3-c2ccc(F)cc2F)CC1)/N=C(\N)N1CCN(c2nc3c(cc2F)c(=O)c(C(=O)O)cn3-c2ccc(F)cc2F)CC1. The van der Waals surface area contributed by atoms with Gasteiger partial charge in [-0.1, -0.05) is 0 Å². The number of carboxylic acids is 2. The Morgan fingerprint density at radius 3 is 1.24 bits per heavy atom. The Balaban J connectivity index is 0.869. The number of benzene rings is 2. The molecule has 2 aliphatic heterocycles. The number of hydrogen-bond donors (Lipinski definition) is 6. The number of nitrogens with zero attached hydrogens (tertiary/aromatic N) is 12. The molecule has 2 fully saturated rings. The van der Waals surface area contributed by atoms with Crippen LogP contribution in [0.15, 0.2) is 90.5 Å². The fourth-order valence-corrected chi connectivity index (χ4v) is 7.97. The summed E-state index contributed by atoms with van der Waals surface area (Å²) in [7, 11) is 0. The number of hydrogen-bond acceptors (Lipinski definition) is 10. The van der Waals surface area contributed by atoms with Gasteiger partial charge in [-0.2, -0.15) is 9.98 Å². The summed E-state index contributed by atoms with van der Waals surface area (Å²) in [6, 6.07) is 6.69. The average Bonchev–Trinajstić information content (AvgIpc) is 3.33. The van der Waals surface area contributed by atoms with Gasteiger partial charge in [0.2, 0.25) is 22.8 Å². The first-order valence-electron chi connectivity index (χ1n) is 21.5. The zero-order valence-electron chi connectivity index (χ0n) is 37.3. The molecule has 0 spiro atoms. The maximum atomic E-state index is 15.6. The first kappa shape index (κ1) is 49.2. The molecule has 2 saturated heterocycles. The Bertz CT molecular complexity index is 3220. The number of piperazine rings is 2. The molecule has 10 N–H and O–H groups in total. The van der Waals surface area contributed by atoms with E-state index in [4.69, 9.17) is 22.9 Å². The van der Waals surface area contributed by atoms with E-state index in [2.05, 4.69) is 29.9 Å². The molecule has 2 aromatic carbocycles. The van der Waals surface area contributed by atoms with Crippen LogP contribution in [-0.2, 0) is 0 Å². The smallest absolute Gasteiger partial charge is 0.341 e. The number of aromatic nitrogens is 4. The van der Waals surface area contributed by atoms with Crippen molar-refractivity contribution < 1.29 is 46.1 Å². The Kier molecular flexibility index (Phi) is 13.7. The number of aliphatic imine (C=N–C) groups is 4. The molecule has 0 unspecified atom stereocenters. The molecule has 2 aliphatic rings.